The van der Waals surface area contributed by atoms with E-state index in [9.17, 15) is 14.7 Å². The van der Waals surface area contributed by atoms with Gasteiger partial charge in [0.25, 0.3) is 0 Å². The van der Waals surface area contributed by atoms with Crippen LogP contribution in [-0.2, 0) is 16.1 Å². The van der Waals surface area contributed by atoms with Crippen LogP contribution in [-0.4, -0.2) is 34.4 Å². The summed E-state index contributed by atoms with van der Waals surface area (Å²) in [7, 11) is 0. The first-order chi connectivity index (χ1) is 10.0. The van der Waals surface area contributed by atoms with Crippen molar-refractivity contribution in [2.45, 2.75) is 38.0 Å². The quantitative estimate of drug-likeness (QED) is 0.782. The van der Waals surface area contributed by atoms with Crippen LogP contribution < -0.4 is 5.32 Å². The predicted molar refractivity (Wildman–Crippen MR) is 74.5 cm³/mol. The molecule has 1 aromatic rings. The maximum atomic E-state index is 11.7. The van der Waals surface area contributed by atoms with Gasteiger partial charge in [-0.15, -0.1) is 0 Å². The lowest BCUT2D eigenvalue weighted by atomic mass is 9.84. The molecule has 0 heterocycles. The molecule has 0 bridgehead atoms. The van der Waals surface area contributed by atoms with Gasteiger partial charge >= 0.3 is 12.1 Å². The van der Waals surface area contributed by atoms with Gasteiger partial charge in [-0.25, -0.2) is 4.79 Å². The second-order valence-electron chi connectivity index (χ2n) is 5.30. The van der Waals surface area contributed by atoms with Crippen LogP contribution in [0.2, 0.25) is 0 Å². The average Bonchev–Trinajstić information content (AvgIpc) is 2.45. The molecular weight excluding hydrogens is 274 g/mol. The van der Waals surface area contributed by atoms with E-state index in [1.165, 1.54) is 0 Å². The van der Waals surface area contributed by atoms with Crippen LogP contribution in [0.25, 0.3) is 0 Å². The van der Waals surface area contributed by atoms with Gasteiger partial charge in [-0.3, -0.25) is 4.79 Å². The van der Waals surface area contributed by atoms with Gasteiger partial charge in [0.15, 0.2) is 0 Å². The molecule has 1 fully saturated rings. The van der Waals surface area contributed by atoms with Crippen LogP contribution in [0.3, 0.4) is 0 Å². The minimum absolute atomic E-state index is 0.157. The Labute approximate surface area is 122 Å². The number of nitrogens with one attached hydrogen (secondary N) is 1. The number of aliphatic carboxylic acids is 1. The van der Waals surface area contributed by atoms with E-state index in [2.05, 4.69) is 5.32 Å². The second-order valence-corrected chi connectivity index (χ2v) is 5.30. The fourth-order valence-electron chi connectivity index (χ4n) is 2.54. The van der Waals surface area contributed by atoms with E-state index in [0.29, 0.717) is 12.8 Å². The molecule has 0 unspecified atom stereocenters. The Morgan fingerprint density at radius 2 is 1.90 bits per heavy atom. The van der Waals surface area contributed by atoms with Crippen LogP contribution in [0.15, 0.2) is 30.3 Å². The summed E-state index contributed by atoms with van der Waals surface area (Å²) < 4.78 is 5.08. The molecule has 1 aliphatic carbocycles. The molecule has 1 aliphatic rings. The molecule has 1 amide bonds. The molecular formula is C15H19NO5. The van der Waals surface area contributed by atoms with Gasteiger partial charge in [0, 0.05) is 6.04 Å². The normalized spacial score (nSPS) is 25.1. The average molecular weight is 293 g/mol. The third kappa shape index (κ3) is 4.75. The van der Waals surface area contributed by atoms with Gasteiger partial charge < -0.3 is 20.3 Å². The van der Waals surface area contributed by atoms with Crippen molar-refractivity contribution >= 4 is 12.1 Å². The number of aliphatic hydroxyl groups is 1. The van der Waals surface area contributed by atoms with Gasteiger partial charge in [-0.1, -0.05) is 30.3 Å². The minimum Gasteiger partial charge on any atom is -0.481 e. The summed E-state index contributed by atoms with van der Waals surface area (Å²) >= 11 is 0. The number of hydrogen-bond acceptors (Lipinski definition) is 4. The minimum atomic E-state index is -0.946. The molecule has 3 N–H and O–H groups in total. The number of amides is 1. The Hall–Kier alpha value is -2.08. The fraction of sp³-hybridized carbons (Fsp3) is 0.467. The standard InChI is InChI=1S/C15H19NO5/c17-13-7-11(14(18)19)6-12(8-13)16-15(20)21-9-10-4-2-1-3-5-10/h1-5,11-13,17H,6-9H2,(H,16,20)(H,18,19)/t11-,12+,13+/m1/s1. The lowest BCUT2D eigenvalue weighted by Gasteiger charge is -2.30. The zero-order valence-corrected chi connectivity index (χ0v) is 11.6. The highest BCUT2D eigenvalue weighted by atomic mass is 16.5. The Morgan fingerprint density at radius 1 is 1.19 bits per heavy atom. The Bertz CT molecular complexity index is 490. The number of hydrogen-bond donors (Lipinski definition) is 3. The highest BCUT2D eigenvalue weighted by molar-refractivity contribution is 5.71. The van der Waals surface area contributed by atoms with Gasteiger partial charge in [-0.05, 0) is 24.8 Å². The summed E-state index contributed by atoms with van der Waals surface area (Å²) in [5.41, 5.74) is 0.875. The van der Waals surface area contributed by atoms with E-state index in [1.807, 2.05) is 30.3 Å². The van der Waals surface area contributed by atoms with Crippen molar-refractivity contribution in [1.29, 1.82) is 0 Å². The lowest BCUT2D eigenvalue weighted by molar-refractivity contribution is -0.144. The maximum Gasteiger partial charge on any atom is 0.407 e. The number of benzene rings is 1. The zero-order valence-electron chi connectivity index (χ0n) is 11.6. The Morgan fingerprint density at radius 3 is 2.57 bits per heavy atom. The van der Waals surface area contributed by atoms with Crippen molar-refractivity contribution < 1.29 is 24.5 Å². The van der Waals surface area contributed by atoms with Crippen LogP contribution in [0.5, 0.6) is 0 Å². The largest absolute Gasteiger partial charge is 0.481 e. The third-order valence-electron chi connectivity index (χ3n) is 3.57. The smallest absolute Gasteiger partial charge is 0.407 e. The van der Waals surface area contributed by atoms with E-state index in [0.717, 1.165) is 5.56 Å². The van der Waals surface area contributed by atoms with Crippen LogP contribution >= 0.6 is 0 Å². The molecule has 0 saturated heterocycles. The first-order valence-corrected chi connectivity index (χ1v) is 6.92. The number of alkyl carbamates (subject to hydrolysis) is 1. The van der Waals surface area contributed by atoms with Crippen LogP contribution in [0, 0.1) is 5.92 Å². The molecule has 0 radical (unpaired) electrons. The molecule has 3 atom stereocenters. The molecule has 0 spiro atoms. The van der Waals surface area contributed by atoms with Crippen molar-refractivity contribution in [3.63, 3.8) is 0 Å². The monoisotopic (exact) mass is 293 g/mol. The summed E-state index contributed by atoms with van der Waals surface area (Å²) in [5, 5.41) is 21.3. The molecule has 1 saturated carbocycles. The highest BCUT2D eigenvalue weighted by Gasteiger charge is 2.32. The van der Waals surface area contributed by atoms with E-state index in [1.54, 1.807) is 0 Å². The van der Waals surface area contributed by atoms with E-state index in [4.69, 9.17) is 9.84 Å². The SMILES string of the molecule is O=C(N[C@@H]1C[C@@H](O)C[C@H](C(=O)O)C1)OCc1ccccc1. The van der Waals surface area contributed by atoms with Crippen LogP contribution in [0.4, 0.5) is 4.79 Å². The first kappa shape index (κ1) is 15.3. The van der Waals surface area contributed by atoms with Gasteiger partial charge in [0.2, 0.25) is 0 Å². The van der Waals surface area contributed by atoms with Gasteiger partial charge in [0.05, 0.1) is 12.0 Å². The van der Waals surface area contributed by atoms with Crippen molar-refractivity contribution in [3.05, 3.63) is 35.9 Å². The van der Waals surface area contributed by atoms with Gasteiger partial charge in [-0.2, -0.15) is 0 Å². The molecule has 0 aliphatic heterocycles. The van der Waals surface area contributed by atoms with Crippen molar-refractivity contribution in [1.82, 2.24) is 5.32 Å². The number of rotatable bonds is 4. The molecule has 0 aromatic heterocycles. The van der Waals surface area contributed by atoms with E-state index in [-0.39, 0.29) is 19.1 Å². The Balaban J connectivity index is 1.80. The maximum absolute atomic E-state index is 11.7. The lowest BCUT2D eigenvalue weighted by Crippen LogP contribution is -2.44. The van der Waals surface area contributed by atoms with Gasteiger partial charge in [0.1, 0.15) is 6.61 Å². The first-order valence-electron chi connectivity index (χ1n) is 6.92. The third-order valence-corrected chi connectivity index (χ3v) is 3.57. The van der Waals surface area contributed by atoms with E-state index >= 15 is 0 Å². The second kappa shape index (κ2) is 7.08. The number of carboxylic acid groups (broad SMARTS) is 1. The number of carbonyl (C=O) groups excluding carboxylic acids is 1. The summed E-state index contributed by atoms with van der Waals surface area (Å²) in [6.07, 6.45) is -0.412. The molecule has 6 heteroatoms. The molecule has 6 nitrogen and oxygen atoms in total. The molecule has 1 aromatic carbocycles. The number of carbonyl (C=O) groups is 2. The number of carboxylic acids is 1. The van der Waals surface area contributed by atoms with Crippen molar-refractivity contribution in [3.8, 4) is 0 Å². The summed E-state index contributed by atoms with van der Waals surface area (Å²) in [5.74, 6) is -1.58. The summed E-state index contributed by atoms with van der Waals surface area (Å²) in [6.45, 7) is 0.157. The van der Waals surface area contributed by atoms with Crippen molar-refractivity contribution in [2.24, 2.45) is 5.92 Å². The highest BCUT2D eigenvalue weighted by Crippen LogP contribution is 2.25. The summed E-state index contributed by atoms with van der Waals surface area (Å²) in [6, 6.07) is 8.89. The van der Waals surface area contributed by atoms with Crippen LogP contribution in [0.1, 0.15) is 24.8 Å². The molecule has 114 valence electrons. The fourth-order valence-corrected chi connectivity index (χ4v) is 2.54. The number of ether oxygens (including phenoxy) is 1. The zero-order chi connectivity index (χ0) is 15.2. The summed E-state index contributed by atoms with van der Waals surface area (Å²) in [4.78, 5) is 22.7. The topological polar surface area (TPSA) is 95.9 Å². The molecule has 21 heavy (non-hydrogen) atoms. The Kier molecular flexibility index (Phi) is 5.16. The number of aliphatic hydroxyl groups excluding tert-OH is 1. The van der Waals surface area contributed by atoms with E-state index < -0.39 is 24.1 Å². The predicted octanol–water partition coefficient (Wildman–Crippen LogP) is 1.53. The van der Waals surface area contributed by atoms with Crippen molar-refractivity contribution in [2.75, 3.05) is 0 Å². The molecule has 2 rings (SSSR count).